The molecule has 1 saturated carbocycles. The molecule has 2 aromatic carbocycles. The maximum absolute atomic E-state index is 9.98. The number of hydrogen-bond acceptors (Lipinski definition) is 2. The van der Waals surface area contributed by atoms with Gasteiger partial charge in [0.05, 0.1) is 0 Å². The van der Waals surface area contributed by atoms with Crippen molar-refractivity contribution in [2.24, 2.45) is 5.73 Å². The van der Waals surface area contributed by atoms with Crippen molar-refractivity contribution in [3.05, 3.63) is 40.9 Å². The first kappa shape index (κ1) is 10.9. The molecule has 2 nitrogen and oxygen atoms in total. The number of halogens is 1. The van der Waals surface area contributed by atoms with Gasteiger partial charge in [0.1, 0.15) is 5.75 Å². The Morgan fingerprint density at radius 2 is 1.94 bits per heavy atom. The zero-order chi connectivity index (χ0) is 12.0. The van der Waals surface area contributed by atoms with Crippen molar-refractivity contribution in [3.8, 4) is 5.75 Å². The van der Waals surface area contributed by atoms with Gasteiger partial charge in [-0.25, -0.2) is 0 Å². The Balaban J connectivity index is 2.08. The summed E-state index contributed by atoms with van der Waals surface area (Å²) < 4.78 is 0. The molecular formula is C14H14ClNO. The lowest BCUT2D eigenvalue weighted by molar-refractivity contribution is 0.464. The molecule has 0 bridgehead atoms. The van der Waals surface area contributed by atoms with Crippen molar-refractivity contribution in [2.75, 3.05) is 0 Å². The van der Waals surface area contributed by atoms with E-state index in [0.29, 0.717) is 10.8 Å². The Hall–Kier alpha value is -1.25. The van der Waals surface area contributed by atoms with Crippen LogP contribution in [0.1, 0.15) is 18.4 Å². The molecule has 0 spiro atoms. The molecule has 88 valence electrons. The Labute approximate surface area is 105 Å². The topological polar surface area (TPSA) is 46.2 Å². The van der Waals surface area contributed by atoms with Crippen molar-refractivity contribution in [2.45, 2.75) is 24.8 Å². The van der Waals surface area contributed by atoms with Gasteiger partial charge < -0.3 is 10.8 Å². The Bertz CT molecular complexity index is 590. The maximum atomic E-state index is 9.98. The standard InChI is InChI=1S/C14H14ClNO/c15-12-2-1-9-7-13(17)11(5-10(9)6-12)8-14(16)3-4-14/h1-2,5-7,17H,3-4,8,16H2. The second-order valence-corrected chi connectivity index (χ2v) is 5.45. The van der Waals surface area contributed by atoms with E-state index >= 15 is 0 Å². The summed E-state index contributed by atoms with van der Waals surface area (Å²) >= 11 is 5.97. The number of nitrogens with two attached hydrogens (primary N) is 1. The lowest BCUT2D eigenvalue weighted by Gasteiger charge is -2.11. The fourth-order valence-electron chi connectivity index (χ4n) is 2.16. The van der Waals surface area contributed by atoms with Crippen LogP contribution < -0.4 is 5.73 Å². The largest absolute Gasteiger partial charge is 0.508 e. The van der Waals surface area contributed by atoms with Crippen LogP contribution in [0.15, 0.2) is 30.3 Å². The number of phenolic OH excluding ortho intramolecular Hbond substituents is 1. The first-order valence-electron chi connectivity index (χ1n) is 5.76. The van der Waals surface area contributed by atoms with Crippen LogP contribution in [0.3, 0.4) is 0 Å². The van der Waals surface area contributed by atoms with Crippen LogP contribution in [0.25, 0.3) is 10.8 Å². The van der Waals surface area contributed by atoms with E-state index in [-0.39, 0.29) is 5.54 Å². The van der Waals surface area contributed by atoms with E-state index in [9.17, 15) is 5.11 Å². The number of aromatic hydroxyl groups is 1. The van der Waals surface area contributed by atoms with Crippen molar-refractivity contribution in [3.63, 3.8) is 0 Å². The fourth-order valence-corrected chi connectivity index (χ4v) is 2.34. The highest BCUT2D eigenvalue weighted by atomic mass is 35.5. The molecule has 0 heterocycles. The zero-order valence-electron chi connectivity index (χ0n) is 9.41. The highest BCUT2D eigenvalue weighted by Gasteiger charge is 2.38. The monoisotopic (exact) mass is 247 g/mol. The predicted molar refractivity (Wildman–Crippen MR) is 70.5 cm³/mol. The van der Waals surface area contributed by atoms with Gasteiger partial charge in [-0.1, -0.05) is 17.7 Å². The average molecular weight is 248 g/mol. The summed E-state index contributed by atoms with van der Waals surface area (Å²) in [6.07, 6.45) is 2.82. The molecule has 1 fully saturated rings. The van der Waals surface area contributed by atoms with Crippen LogP contribution in [-0.4, -0.2) is 10.6 Å². The van der Waals surface area contributed by atoms with Gasteiger partial charge in [-0.3, -0.25) is 0 Å². The Morgan fingerprint density at radius 1 is 1.18 bits per heavy atom. The van der Waals surface area contributed by atoms with Crippen molar-refractivity contribution >= 4 is 22.4 Å². The van der Waals surface area contributed by atoms with Crippen molar-refractivity contribution in [1.29, 1.82) is 0 Å². The van der Waals surface area contributed by atoms with Crippen LogP contribution in [0.2, 0.25) is 5.02 Å². The molecule has 0 aromatic heterocycles. The molecule has 0 unspecified atom stereocenters. The minimum absolute atomic E-state index is 0.0935. The van der Waals surface area contributed by atoms with Gasteiger partial charge >= 0.3 is 0 Å². The van der Waals surface area contributed by atoms with Gasteiger partial charge in [0.2, 0.25) is 0 Å². The van der Waals surface area contributed by atoms with Crippen LogP contribution in [0.4, 0.5) is 0 Å². The summed E-state index contributed by atoms with van der Waals surface area (Å²) in [5.41, 5.74) is 6.91. The third-order valence-corrected chi connectivity index (χ3v) is 3.67. The first-order chi connectivity index (χ1) is 8.06. The summed E-state index contributed by atoms with van der Waals surface area (Å²) in [5.74, 6) is 0.330. The minimum atomic E-state index is -0.0935. The summed E-state index contributed by atoms with van der Waals surface area (Å²) in [7, 11) is 0. The lowest BCUT2D eigenvalue weighted by atomic mass is 10.00. The summed E-state index contributed by atoms with van der Waals surface area (Å²) in [4.78, 5) is 0. The lowest BCUT2D eigenvalue weighted by Crippen LogP contribution is -2.24. The Kier molecular flexibility index (Phi) is 2.32. The predicted octanol–water partition coefficient (Wildman–Crippen LogP) is 3.23. The van der Waals surface area contributed by atoms with Gasteiger partial charge in [0, 0.05) is 10.6 Å². The molecule has 0 saturated heterocycles. The molecule has 3 heteroatoms. The summed E-state index contributed by atoms with van der Waals surface area (Å²) in [6, 6.07) is 9.43. The molecule has 0 radical (unpaired) electrons. The van der Waals surface area contributed by atoms with Gasteiger partial charge in [0.15, 0.2) is 0 Å². The van der Waals surface area contributed by atoms with Crippen LogP contribution in [0, 0.1) is 0 Å². The molecule has 17 heavy (non-hydrogen) atoms. The average Bonchev–Trinajstić information content (AvgIpc) is 2.98. The van der Waals surface area contributed by atoms with E-state index in [1.807, 2.05) is 24.3 Å². The molecule has 1 aliphatic carbocycles. The minimum Gasteiger partial charge on any atom is -0.508 e. The molecule has 3 rings (SSSR count). The number of phenols is 1. The number of rotatable bonds is 2. The highest BCUT2D eigenvalue weighted by molar-refractivity contribution is 6.31. The first-order valence-corrected chi connectivity index (χ1v) is 6.14. The van der Waals surface area contributed by atoms with Crippen LogP contribution in [-0.2, 0) is 6.42 Å². The van der Waals surface area contributed by atoms with E-state index in [2.05, 4.69) is 0 Å². The number of hydrogen-bond donors (Lipinski definition) is 2. The SMILES string of the molecule is NC1(Cc2cc3cc(Cl)ccc3cc2O)CC1. The van der Waals surface area contributed by atoms with Crippen molar-refractivity contribution < 1.29 is 5.11 Å². The quantitative estimate of drug-likeness (QED) is 0.856. The molecule has 0 atom stereocenters. The summed E-state index contributed by atoms with van der Waals surface area (Å²) in [6.45, 7) is 0. The Morgan fingerprint density at radius 3 is 2.65 bits per heavy atom. The van der Waals surface area contributed by atoms with Gasteiger partial charge in [-0.05, 0) is 59.9 Å². The van der Waals surface area contributed by atoms with E-state index in [1.165, 1.54) is 0 Å². The second-order valence-electron chi connectivity index (χ2n) is 5.01. The number of fused-ring (bicyclic) bond motifs is 1. The van der Waals surface area contributed by atoms with Crippen LogP contribution in [0.5, 0.6) is 5.75 Å². The van der Waals surface area contributed by atoms with Crippen LogP contribution >= 0.6 is 11.6 Å². The zero-order valence-corrected chi connectivity index (χ0v) is 10.2. The van der Waals surface area contributed by atoms with E-state index in [0.717, 1.165) is 35.6 Å². The molecule has 1 aliphatic rings. The smallest absolute Gasteiger partial charge is 0.119 e. The van der Waals surface area contributed by atoms with Crippen molar-refractivity contribution in [1.82, 2.24) is 0 Å². The molecule has 3 N–H and O–H groups in total. The van der Waals surface area contributed by atoms with Gasteiger partial charge in [-0.15, -0.1) is 0 Å². The molecule has 0 amide bonds. The number of benzene rings is 2. The molecule has 0 aliphatic heterocycles. The van der Waals surface area contributed by atoms with E-state index in [1.54, 1.807) is 6.07 Å². The second kappa shape index (κ2) is 3.62. The third-order valence-electron chi connectivity index (χ3n) is 3.43. The summed E-state index contributed by atoms with van der Waals surface area (Å²) in [5, 5.41) is 12.7. The normalized spacial score (nSPS) is 17.3. The third kappa shape index (κ3) is 2.11. The van der Waals surface area contributed by atoms with Gasteiger partial charge in [-0.2, -0.15) is 0 Å². The van der Waals surface area contributed by atoms with E-state index in [4.69, 9.17) is 17.3 Å². The molecular weight excluding hydrogens is 234 g/mol. The highest BCUT2D eigenvalue weighted by Crippen LogP contribution is 2.38. The molecule has 2 aromatic rings. The van der Waals surface area contributed by atoms with Gasteiger partial charge in [0.25, 0.3) is 0 Å². The maximum Gasteiger partial charge on any atom is 0.119 e. The van der Waals surface area contributed by atoms with E-state index < -0.39 is 0 Å². The fraction of sp³-hybridized carbons (Fsp3) is 0.286.